The third-order valence-corrected chi connectivity index (χ3v) is 6.59. The third kappa shape index (κ3) is 4.24. The first-order valence-corrected chi connectivity index (χ1v) is 12.1. The van der Waals surface area contributed by atoms with Gasteiger partial charge in [-0.15, -0.1) is 0 Å². The fourth-order valence-electron chi connectivity index (χ4n) is 4.58. The number of carbonyl (C=O) groups is 2. The summed E-state index contributed by atoms with van der Waals surface area (Å²) in [6.07, 6.45) is 0. The zero-order valence-corrected chi connectivity index (χ0v) is 21.6. The summed E-state index contributed by atoms with van der Waals surface area (Å²) in [5.74, 6) is -0.0997. The maximum Gasteiger partial charge on any atom is 0.300 e. The van der Waals surface area contributed by atoms with Crippen molar-refractivity contribution in [2.24, 2.45) is 0 Å². The highest BCUT2D eigenvalue weighted by Crippen LogP contribution is 2.47. The minimum atomic E-state index is -0.999. The Labute approximate surface area is 223 Å². The molecule has 0 aliphatic carbocycles. The summed E-state index contributed by atoms with van der Waals surface area (Å²) >= 11 is 6.34. The second kappa shape index (κ2) is 10.2. The summed E-state index contributed by atoms with van der Waals surface area (Å²) in [5.41, 5.74) is 0.934. The minimum Gasteiger partial charge on any atom is -0.507 e. The number of benzene rings is 3. The normalized spacial score (nSPS) is 17.6. The first-order valence-electron chi connectivity index (χ1n) is 11.7. The van der Waals surface area contributed by atoms with Gasteiger partial charge in [0, 0.05) is 17.8 Å². The van der Waals surface area contributed by atoms with Crippen LogP contribution in [0.3, 0.4) is 0 Å². The first kappa shape index (κ1) is 25.3. The fraction of sp³-hybridized carbons (Fsp3) is 0.214. The molecule has 1 N–H and O–H groups in total. The van der Waals surface area contributed by atoms with E-state index in [0.29, 0.717) is 40.9 Å². The molecule has 0 saturated carbocycles. The molecular formula is C28H24ClNO8. The number of anilines is 1. The van der Waals surface area contributed by atoms with Gasteiger partial charge in [-0.25, -0.2) is 0 Å². The van der Waals surface area contributed by atoms with Gasteiger partial charge in [-0.3, -0.25) is 14.5 Å². The molecule has 0 radical (unpaired) electrons. The Morgan fingerprint density at radius 2 is 1.79 bits per heavy atom. The van der Waals surface area contributed by atoms with Crippen LogP contribution in [0.4, 0.5) is 5.69 Å². The number of methoxy groups -OCH3 is 2. The number of ether oxygens (including phenoxy) is 5. The molecule has 9 nitrogen and oxygen atoms in total. The third-order valence-electron chi connectivity index (χ3n) is 6.29. The second-order valence-electron chi connectivity index (χ2n) is 8.40. The van der Waals surface area contributed by atoms with Crippen LogP contribution in [0, 0.1) is 0 Å². The maximum atomic E-state index is 13.5. The predicted molar refractivity (Wildman–Crippen MR) is 140 cm³/mol. The van der Waals surface area contributed by atoms with Crippen molar-refractivity contribution in [1.29, 1.82) is 0 Å². The van der Waals surface area contributed by atoms with Crippen LogP contribution >= 0.6 is 11.6 Å². The van der Waals surface area contributed by atoms with Gasteiger partial charge in [0.15, 0.2) is 11.5 Å². The number of hydrogen-bond acceptors (Lipinski definition) is 8. The van der Waals surface area contributed by atoms with E-state index in [9.17, 15) is 14.7 Å². The molecule has 2 aliphatic heterocycles. The van der Waals surface area contributed by atoms with Crippen LogP contribution in [0.15, 0.2) is 60.2 Å². The summed E-state index contributed by atoms with van der Waals surface area (Å²) in [6.45, 7) is 2.33. The first-order chi connectivity index (χ1) is 18.4. The Morgan fingerprint density at radius 3 is 2.53 bits per heavy atom. The molecule has 1 saturated heterocycles. The van der Waals surface area contributed by atoms with E-state index in [4.69, 9.17) is 35.3 Å². The lowest BCUT2D eigenvalue weighted by Gasteiger charge is -2.26. The van der Waals surface area contributed by atoms with Gasteiger partial charge >= 0.3 is 0 Å². The molecule has 38 heavy (non-hydrogen) atoms. The van der Waals surface area contributed by atoms with E-state index in [1.165, 1.54) is 31.3 Å². The standard InChI is InChI=1S/C28H24ClNO8/c1-4-36-17-7-5-6-15(10-17)25-24(26(31)18-12-19(29)22(35-3)13-21(18)34-2)27(32)28(33)30(25)16-8-9-20-23(11-16)38-14-37-20/h5-13,25,31H,4,14H2,1-3H3/b26-24+. The topological polar surface area (TPSA) is 104 Å². The van der Waals surface area contributed by atoms with E-state index < -0.39 is 23.5 Å². The SMILES string of the molecule is CCOc1cccc(C2/C(=C(\O)c3cc(Cl)c(OC)cc3OC)C(=O)C(=O)N2c2ccc3c(c2)OCO3)c1. The van der Waals surface area contributed by atoms with Crippen LogP contribution < -0.4 is 28.6 Å². The van der Waals surface area contributed by atoms with Crippen molar-refractivity contribution in [2.45, 2.75) is 13.0 Å². The van der Waals surface area contributed by atoms with Gasteiger partial charge in [-0.1, -0.05) is 23.7 Å². The Bertz CT molecular complexity index is 1470. The number of carbonyl (C=O) groups excluding carboxylic acids is 2. The average molecular weight is 538 g/mol. The summed E-state index contributed by atoms with van der Waals surface area (Å²) in [6, 6.07) is 13.9. The number of ketones is 1. The molecule has 3 aromatic carbocycles. The van der Waals surface area contributed by atoms with E-state index in [2.05, 4.69) is 0 Å². The number of nitrogens with zero attached hydrogens (tertiary/aromatic N) is 1. The number of hydrogen-bond donors (Lipinski definition) is 1. The van der Waals surface area contributed by atoms with Gasteiger partial charge in [0.05, 0.1) is 43.0 Å². The monoisotopic (exact) mass is 537 g/mol. The van der Waals surface area contributed by atoms with Crippen molar-refractivity contribution >= 4 is 34.7 Å². The molecule has 0 spiro atoms. The molecule has 196 valence electrons. The molecule has 1 atom stereocenters. The number of halogens is 1. The van der Waals surface area contributed by atoms with E-state index in [1.807, 2.05) is 6.92 Å². The van der Waals surface area contributed by atoms with E-state index >= 15 is 0 Å². The summed E-state index contributed by atoms with van der Waals surface area (Å²) in [7, 11) is 2.86. The molecule has 2 heterocycles. The molecule has 3 aromatic rings. The largest absolute Gasteiger partial charge is 0.507 e. The van der Waals surface area contributed by atoms with Crippen LogP contribution in [0.25, 0.3) is 5.76 Å². The van der Waals surface area contributed by atoms with Crippen molar-refractivity contribution in [2.75, 3.05) is 32.5 Å². The van der Waals surface area contributed by atoms with E-state index in [-0.39, 0.29) is 28.7 Å². The highest BCUT2D eigenvalue weighted by Gasteiger charge is 2.47. The molecule has 1 amide bonds. The molecule has 10 heteroatoms. The van der Waals surface area contributed by atoms with Crippen LogP contribution in [0.1, 0.15) is 24.1 Å². The molecule has 1 fully saturated rings. The molecule has 5 rings (SSSR count). The molecular weight excluding hydrogens is 514 g/mol. The highest BCUT2D eigenvalue weighted by atomic mass is 35.5. The molecule has 2 aliphatic rings. The minimum absolute atomic E-state index is 0.0511. The smallest absolute Gasteiger partial charge is 0.300 e. The number of rotatable bonds is 7. The second-order valence-corrected chi connectivity index (χ2v) is 8.81. The molecule has 0 bridgehead atoms. The average Bonchev–Trinajstić information content (AvgIpc) is 3.50. The summed E-state index contributed by atoms with van der Waals surface area (Å²) in [4.78, 5) is 28.4. The van der Waals surface area contributed by atoms with Gasteiger partial charge < -0.3 is 28.8 Å². The molecule has 0 aromatic heterocycles. The van der Waals surface area contributed by atoms with Gasteiger partial charge in [0.2, 0.25) is 6.79 Å². The zero-order chi connectivity index (χ0) is 27.0. The molecule has 1 unspecified atom stereocenters. The van der Waals surface area contributed by atoms with Gasteiger partial charge in [0.25, 0.3) is 11.7 Å². The van der Waals surface area contributed by atoms with Gasteiger partial charge in [-0.05, 0) is 42.8 Å². The Hall–Kier alpha value is -4.37. The predicted octanol–water partition coefficient (Wildman–Crippen LogP) is 5.11. The van der Waals surface area contributed by atoms with Crippen molar-refractivity contribution in [3.63, 3.8) is 0 Å². The van der Waals surface area contributed by atoms with Crippen molar-refractivity contribution < 1.29 is 38.4 Å². The Kier molecular flexibility index (Phi) is 6.77. The number of amides is 1. The van der Waals surface area contributed by atoms with E-state index in [1.54, 1.807) is 42.5 Å². The lowest BCUT2D eigenvalue weighted by atomic mass is 9.94. The summed E-state index contributed by atoms with van der Waals surface area (Å²) in [5, 5.41) is 11.7. The fourth-order valence-corrected chi connectivity index (χ4v) is 4.82. The van der Waals surface area contributed by atoms with Gasteiger partial charge in [0.1, 0.15) is 23.0 Å². The Balaban J connectivity index is 1.74. The van der Waals surface area contributed by atoms with Crippen molar-refractivity contribution in [3.8, 4) is 28.7 Å². The Morgan fingerprint density at radius 1 is 1.03 bits per heavy atom. The van der Waals surface area contributed by atoms with Crippen molar-refractivity contribution in [1.82, 2.24) is 0 Å². The lowest BCUT2D eigenvalue weighted by Crippen LogP contribution is -2.29. The van der Waals surface area contributed by atoms with Crippen LogP contribution in [-0.4, -0.2) is 44.4 Å². The van der Waals surface area contributed by atoms with Crippen LogP contribution in [-0.2, 0) is 9.59 Å². The van der Waals surface area contributed by atoms with Gasteiger partial charge in [-0.2, -0.15) is 0 Å². The summed E-state index contributed by atoms with van der Waals surface area (Å²) < 4.78 is 27.2. The highest BCUT2D eigenvalue weighted by molar-refractivity contribution is 6.51. The van der Waals surface area contributed by atoms with E-state index in [0.717, 1.165) is 0 Å². The number of fused-ring (bicyclic) bond motifs is 1. The quantitative estimate of drug-likeness (QED) is 0.252. The van der Waals surface area contributed by atoms with Crippen LogP contribution in [0.2, 0.25) is 5.02 Å². The maximum absolute atomic E-state index is 13.5. The number of aliphatic hydroxyl groups excluding tert-OH is 1. The van der Waals surface area contributed by atoms with Crippen LogP contribution in [0.5, 0.6) is 28.7 Å². The number of aliphatic hydroxyl groups is 1. The lowest BCUT2D eigenvalue weighted by molar-refractivity contribution is -0.132. The zero-order valence-electron chi connectivity index (χ0n) is 20.8. The number of Topliss-reactive ketones (excluding diaryl/α,β-unsaturated/α-hetero) is 1. The van der Waals surface area contributed by atoms with Crippen molar-refractivity contribution in [3.05, 3.63) is 76.3 Å².